The van der Waals surface area contributed by atoms with Gasteiger partial charge in [0.25, 0.3) is 0 Å². The second-order valence-electron chi connectivity index (χ2n) is 3.94. The van der Waals surface area contributed by atoms with Crippen LogP contribution >= 0.6 is 0 Å². The SMILES string of the molecule is C#Cc1cccc(NS(=O)(=O)N2CCCC2)c1. The molecule has 0 unspecified atom stereocenters. The molecule has 1 aromatic carbocycles. The molecule has 90 valence electrons. The summed E-state index contributed by atoms with van der Waals surface area (Å²) in [6.45, 7) is 1.17. The monoisotopic (exact) mass is 250 g/mol. The van der Waals surface area contributed by atoms with Crippen molar-refractivity contribution in [1.29, 1.82) is 0 Å². The third-order valence-corrected chi connectivity index (χ3v) is 4.22. The van der Waals surface area contributed by atoms with E-state index in [1.54, 1.807) is 24.3 Å². The molecule has 5 heteroatoms. The van der Waals surface area contributed by atoms with Gasteiger partial charge in [0.2, 0.25) is 0 Å². The smallest absolute Gasteiger partial charge is 0.271 e. The summed E-state index contributed by atoms with van der Waals surface area (Å²) in [5.41, 5.74) is 1.17. The Labute approximate surface area is 102 Å². The zero-order valence-electron chi connectivity index (χ0n) is 9.39. The Hall–Kier alpha value is -1.51. The summed E-state index contributed by atoms with van der Waals surface area (Å²) in [6.07, 6.45) is 7.11. The van der Waals surface area contributed by atoms with Crippen LogP contribution in [0.4, 0.5) is 5.69 Å². The molecule has 2 rings (SSSR count). The molecule has 0 saturated carbocycles. The maximum Gasteiger partial charge on any atom is 0.301 e. The Bertz CT molecular complexity index is 540. The molecule has 1 aromatic rings. The molecule has 1 fully saturated rings. The van der Waals surface area contributed by atoms with Crippen LogP contribution in [0.3, 0.4) is 0 Å². The highest BCUT2D eigenvalue weighted by Crippen LogP contribution is 2.17. The van der Waals surface area contributed by atoms with Crippen LogP contribution in [0.25, 0.3) is 0 Å². The van der Waals surface area contributed by atoms with Crippen LogP contribution in [0, 0.1) is 12.3 Å². The van der Waals surface area contributed by atoms with Crippen LogP contribution in [-0.2, 0) is 10.2 Å². The Kier molecular flexibility index (Phi) is 3.36. The molecular formula is C12H14N2O2S. The van der Waals surface area contributed by atoms with Crippen molar-refractivity contribution >= 4 is 15.9 Å². The minimum absolute atomic E-state index is 0.507. The zero-order chi connectivity index (χ0) is 12.3. The van der Waals surface area contributed by atoms with Crippen molar-refractivity contribution in [2.45, 2.75) is 12.8 Å². The number of anilines is 1. The Balaban J connectivity index is 2.17. The number of rotatable bonds is 3. The van der Waals surface area contributed by atoms with Gasteiger partial charge in [0.15, 0.2) is 0 Å². The number of nitrogens with zero attached hydrogens (tertiary/aromatic N) is 1. The van der Waals surface area contributed by atoms with Gasteiger partial charge in [0, 0.05) is 18.7 Å². The van der Waals surface area contributed by atoms with Gasteiger partial charge in [0.05, 0.1) is 5.69 Å². The lowest BCUT2D eigenvalue weighted by Crippen LogP contribution is -2.33. The van der Waals surface area contributed by atoms with Gasteiger partial charge in [-0.05, 0) is 31.0 Å². The van der Waals surface area contributed by atoms with Gasteiger partial charge in [-0.1, -0.05) is 12.0 Å². The van der Waals surface area contributed by atoms with Crippen LogP contribution in [0.15, 0.2) is 24.3 Å². The summed E-state index contributed by atoms with van der Waals surface area (Å²) in [4.78, 5) is 0. The van der Waals surface area contributed by atoms with E-state index in [9.17, 15) is 8.42 Å². The highest BCUT2D eigenvalue weighted by atomic mass is 32.2. The van der Waals surface area contributed by atoms with E-state index in [-0.39, 0.29) is 0 Å². The molecule has 0 atom stereocenters. The van der Waals surface area contributed by atoms with E-state index < -0.39 is 10.2 Å². The van der Waals surface area contributed by atoms with Gasteiger partial charge in [-0.15, -0.1) is 6.42 Å². The van der Waals surface area contributed by atoms with Crippen LogP contribution < -0.4 is 4.72 Å². The molecule has 4 nitrogen and oxygen atoms in total. The van der Waals surface area contributed by atoms with Crippen molar-refractivity contribution in [2.24, 2.45) is 0 Å². The summed E-state index contributed by atoms with van der Waals surface area (Å²) in [6, 6.07) is 6.83. The molecule has 0 spiro atoms. The predicted molar refractivity (Wildman–Crippen MR) is 67.7 cm³/mol. The molecule has 1 saturated heterocycles. The van der Waals surface area contributed by atoms with Crippen molar-refractivity contribution in [3.05, 3.63) is 29.8 Å². The number of terminal acetylenes is 1. The average Bonchev–Trinajstić information content (AvgIpc) is 2.83. The summed E-state index contributed by atoms with van der Waals surface area (Å²) in [7, 11) is -3.42. The number of hydrogen-bond acceptors (Lipinski definition) is 2. The van der Waals surface area contributed by atoms with E-state index in [0.717, 1.165) is 12.8 Å². The van der Waals surface area contributed by atoms with Crippen molar-refractivity contribution in [1.82, 2.24) is 4.31 Å². The predicted octanol–water partition coefficient (Wildman–Crippen LogP) is 1.42. The molecule has 1 aliphatic rings. The summed E-state index contributed by atoms with van der Waals surface area (Å²) < 4.78 is 27.9. The van der Waals surface area contributed by atoms with Crippen molar-refractivity contribution < 1.29 is 8.42 Å². The molecule has 0 bridgehead atoms. The van der Waals surface area contributed by atoms with Gasteiger partial charge in [-0.3, -0.25) is 4.72 Å². The van der Waals surface area contributed by atoms with E-state index in [4.69, 9.17) is 6.42 Å². The van der Waals surface area contributed by atoms with Gasteiger partial charge in [-0.2, -0.15) is 12.7 Å². The van der Waals surface area contributed by atoms with E-state index >= 15 is 0 Å². The van der Waals surface area contributed by atoms with Crippen LogP contribution in [0.1, 0.15) is 18.4 Å². The van der Waals surface area contributed by atoms with Crippen LogP contribution in [0.5, 0.6) is 0 Å². The molecule has 1 N–H and O–H groups in total. The maximum atomic E-state index is 12.0. The highest BCUT2D eigenvalue weighted by molar-refractivity contribution is 7.90. The largest absolute Gasteiger partial charge is 0.301 e. The second kappa shape index (κ2) is 4.78. The molecular weight excluding hydrogens is 236 g/mol. The highest BCUT2D eigenvalue weighted by Gasteiger charge is 2.24. The minimum Gasteiger partial charge on any atom is -0.271 e. The van der Waals surface area contributed by atoms with E-state index in [1.807, 2.05) is 0 Å². The first-order valence-corrected chi connectivity index (χ1v) is 6.90. The van der Waals surface area contributed by atoms with Gasteiger partial charge in [-0.25, -0.2) is 0 Å². The Morgan fingerprint density at radius 3 is 2.65 bits per heavy atom. The molecule has 1 aliphatic heterocycles. The molecule has 0 aliphatic carbocycles. The molecule has 0 radical (unpaired) electrons. The van der Waals surface area contributed by atoms with Crippen LogP contribution in [-0.4, -0.2) is 25.8 Å². The van der Waals surface area contributed by atoms with Crippen molar-refractivity contribution in [3.8, 4) is 12.3 Å². The lowest BCUT2D eigenvalue weighted by molar-refractivity contribution is 0.482. The van der Waals surface area contributed by atoms with Gasteiger partial charge >= 0.3 is 10.2 Å². The molecule has 0 aromatic heterocycles. The average molecular weight is 250 g/mol. The minimum atomic E-state index is -3.42. The molecule has 0 amide bonds. The zero-order valence-corrected chi connectivity index (χ0v) is 10.2. The number of hydrogen-bond donors (Lipinski definition) is 1. The van der Waals surface area contributed by atoms with E-state index in [1.165, 1.54) is 4.31 Å². The first-order valence-electron chi connectivity index (χ1n) is 5.46. The third kappa shape index (κ3) is 2.78. The first-order chi connectivity index (χ1) is 8.12. The fourth-order valence-electron chi connectivity index (χ4n) is 1.81. The summed E-state index contributed by atoms with van der Waals surface area (Å²) in [5, 5.41) is 0. The van der Waals surface area contributed by atoms with E-state index in [0.29, 0.717) is 24.3 Å². The Morgan fingerprint density at radius 2 is 2.00 bits per heavy atom. The quantitative estimate of drug-likeness (QED) is 0.825. The van der Waals surface area contributed by atoms with E-state index in [2.05, 4.69) is 10.6 Å². The molecule has 1 heterocycles. The second-order valence-corrected chi connectivity index (χ2v) is 5.61. The molecule has 17 heavy (non-hydrogen) atoms. The standard InChI is InChI=1S/C12H14N2O2S/c1-2-11-6-5-7-12(10-11)13-17(15,16)14-8-3-4-9-14/h1,5-7,10,13H,3-4,8-9H2. The Morgan fingerprint density at radius 1 is 1.29 bits per heavy atom. The van der Waals surface area contributed by atoms with Crippen molar-refractivity contribution in [2.75, 3.05) is 17.8 Å². The first kappa shape index (κ1) is 12.0. The number of nitrogens with one attached hydrogen (secondary N) is 1. The summed E-state index contributed by atoms with van der Waals surface area (Å²) in [5.74, 6) is 2.47. The van der Waals surface area contributed by atoms with Crippen molar-refractivity contribution in [3.63, 3.8) is 0 Å². The topological polar surface area (TPSA) is 49.4 Å². The fraction of sp³-hybridized carbons (Fsp3) is 0.333. The van der Waals surface area contributed by atoms with Gasteiger partial charge in [0.1, 0.15) is 0 Å². The number of benzene rings is 1. The van der Waals surface area contributed by atoms with Gasteiger partial charge < -0.3 is 0 Å². The normalized spacial score (nSPS) is 16.6. The maximum absolute atomic E-state index is 12.0. The fourth-order valence-corrected chi connectivity index (χ4v) is 3.11. The van der Waals surface area contributed by atoms with Crippen LogP contribution in [0.2, 0.25) is 0 Å². The lowest BCUT2D eigenvalue weighted by Gasteiger charge is -2.16. The lowest BCUT2D eigenvalue weighted by atomic mass is 10.2. The third-order valence-electron chi connectivity index (χ3n) is 2.68. The summed E-state index contributed by atoms with van der Waals surface area (Å²) >= 11 is 0.